The molecule has 0 aliphatic rings. The Bertz CT molecular complexity index is 1030. The standard InChI is InChI=1S/C29H41N3O6/c1-3-5-6-7-13-28(35)38-21-24(18-23-20-31-26-12-9-8-11-25(23)26)32-29(36)22(10-4-2)19-27(34)30-14-16-37-17-15-33/h3-4,8-9,11-12,20,22,24,31,33H,1-2,5-7,10,13-19,21H2,(H,30,34)(H,32,36). The molecule has 0 fully saturated rings. The highest BCUT2D eigenvalue weighted by Crippen LogP contribution is 2.20. The lowest BCUT2D eigenvalue weighted by atomic mass is 9.98. The van der Waals surface area contributed by atoms with E-state index in [1.54, 1.807) is 6.08 Å². The fourth-order valence-corrected chi connectivity index (χ4v) is 4.07. The second kappa shape index (κ2) is 17.9. The van der Waals surface area contributed by atoms with Gasteiger partial charge in [0, 0.05) is 36.5 Å². The number of rotatable bonds is 20. The van der Waals surface area contributed by atoms with Crippen molar-refractivity contribution in [2.24, 2.45) is 5.92 Å². The molecule has 2 atom stereocenters. The number of carbonyl (C=O) groups is 3. The van der Waals surface area contributed by atoms with E-state index >= 15 is 0 Å². The quantitative estimate of drug-likeness (QED) is 0.119. The van der Waals surface area contributed by atoms with E-state index in [1.165, 1.54) is 0 Å². The number of aromatic amines is 1. The smallest absolute Gasteiger partial charge is 0.305 e. The average molecular weight is 528 g/mol. The number of amides is 2. The molecule has 4 N–H and O–H groups in total. The number of hydrogen-bond donors (Lipinski definition) is 4. The summed E-state index contributed by atoms with van der Waals surface area (Å²) in [6, 6.07) is 7.40. The Labute approximate surface area is 224 Å². The fourth-order valence-electron chi connectivity index (χ4n) is 4.07. The van der Waals surface area contributed by atoms with Crippen molar-refractivity contribution in [3.63, 3.8) is 0 Å². The molecule has 1 heterocycles. The van der Waals surface area contributed by atoms with E-state index in [4.69, 9.17) is 14.6 Å². The number of hydrogen-bond acceptors (Lipinski definition) is 6. The van der Waals surface area contributed by atoms with Crippen LogP contribution in [0.25, 0.3) is 10.9 Å². The van der Waals surface area contributed by atoms with Crippen LogP contribution in [0.15, 0.2) is 55.8 Å². The van der Waals surface area contributed by atoms with Gasteiger partial charge in [0.25, 0.3) is 0 Å². The summed E-state index contributed by atoms with van der Waals surface area (Å²) in [5.74, 6) is -1.51. The number of aliphatic hydroxyl groups excluding tert-OH is 1. The van der Waals surface area contributed by atoms with Crippen LogP contribution in [-0.4, -0.2) is 66.9 Å². The zero-order valence-corrected chi connectivity index (χ0v) is 22.1. The molecular weight excluding hydrogens is 486 g/mol. The molecule has 0 saturated carbocycles. The van der Waals surface area contributed by atoms with E-state index in [9.17, 15) is 14.4 Å². The maximum absolute atomic E-state index is 13.2. The van der Waals surface area contributed by atoms with Crippen LogP contribution in [0.1, 0.15) is 44.1 Å². The number of ether oxygens (including phenoxy) is 2. The van der Waals surface area contributed by atoms with Gasteiger partial charge >= 0.3 is 5.97 Å². The summed E-state index contributed by atoms with van der Waals surface area (Å²) in [5.41, 5.74) is 1.98. The second-order valence-corrected chi connectivity index (χ2v) is 9.10. The Morgan fingerprint density at radius 1 is 1.11 bits per heavy atom. The summed E-state index contributed by atoms with van der Waals surface area (Å²) < 4.78 is 10.7. The van der Waals surface area contributed by atoms with Crippen molar-refractivity contribution < 1.29 is 29.0 Å². The largest absolute Gasteiger partial charge is 0.463 e. The molecular formula is C29H41N3O6. The molecule has 1 aromatic carbocycles. The van der Waals surface area contributed by atoms with Gasteiger partial charge in [0.15, 0.2) is 0 Å². The number of fused-ring (bicyclic) bond motifs is 1. The lowest BCUT2D eigenvalue weighted by Gasteiger charge is -2.22. The maximum Gasteiger partial charge on any atom is 0.305 e. The lowest BCUT2D eigenvalue weighted by molar-refractivity contribution is -0.145. The van der Waals surface area contributed by atoms with Crippen molar-refractivity contribution in [2.75, 3.05) is 33.0 Å². The van der Waals surface area contributed by atoms with E-state index < -0.39 is 12.0 Å². The van der Waals surface area contributed by atoms with Crippen LogP contribution in [0.3, 0.4) is 0 Å². The summed E-state index contributed by atoms with van der Waals surface area (Å²) in [5, 5.41) is 15.5. The summed E-state index contributed by atoms with van der Waals surface area (Å²) in [6.45, 7) is 8.12. The maximum atomic E-state index is 13.2. The highest BCUT2D eigenvalue weighted by atomic mass is 16.5. The molecule has 0 bridgehead atoms. The number of aromatic nitrogens is 1. The molecule has 38 heavy (non-hydrogen) atoms. The summed E-state index contributed by atoms with van der Waals surface area (Å²) >= 11 is 0. The number of para-hydroxylation sites is 1. The normalized spacial score (nSPS) is 12.4. The first kappa shape index (κ1) is 30.8. The van der Waals surface area contributed by atoms with Crippen LogP contribution < -0.4 is 10.6 Å². The zero-order valence-electron chi connectivity index (χ0n) is 22.1. The van der Waals surface area contributed by atoms with Gasteiger partial charge in [-0.3, -0.25) is 14.4 Å². The Morgan fingerprint density at radius 3 is 2.68 bits per heavy atom. The molecule has 9 nitrogen and oxygen atoms in total. The van der Waals surface area contributed by atoms with Gasteiger partial charge in [-0.05, 0) is 43.7 Å². The monoisotopic (exact) mass is 527 g/mol. The fraction of sp³-hybridized carbons (Fsp3) is 0.483. The zero-order chi connectivity index (χ0) is 27.6. The van der Waals surface area contributed by atoms with E-state index in [2.05, 4.69) is 28.8 Å². The second-order valence-electron chi connectivity index (χ2n) is 9.10. The number of benzene rings is 1. The van der Waals surface area contributed by atoms with Crippen LogP contribution in [0.2, 0.25) is 0 Å². The topological polar surface area (TPSA) is 130 Å². The molecule has 2 aromatic rings. The van der Waals surface area contributed by atoms with Crippen LogP contribution in [0.5, 0.6) is 0 Å². The Kier molecular flexibility index (Phi) is 14.5. The number of carbonyl (C=O) groups excluding carboxylic acids is 3. The SMILES string of the molecule is C=CCCCCC(=O)OCC(Cc1c[nH]c2ccccc12)NC(=O)C(CC=C)CC(=O)NCCOCCO. The molecule has 0 aliphatic heterocycles. The van der Waals surface area contributed by atoms with Crippen LogP contribution in [0, 0.1) is 5.92 Å². The van der Waals surface area contributed by atoms with Crippen molar-refractivity contribution in [2.45, 2.75) is 51.0 Å². The van der Waals surface area contributed by atoms with Gasteiger partial charge in [0.2, 0.25) is 11.8 Å². The lowest BCUT2D eigenvalue weighted by Crippen LogP contribution is -2.44. The summed E-state index contributed by atoms with van der Waals surface area (Å²) in [7, 11) is 0. The Balaban J connectivity index is 2.02. The predicted molar refractivity (Wildman–Crippen MR) is 147 cm³/mol. The molecule has 0 aliphatic carbocycles. The Morgan fingerprint density at radius 2 is 1.92 bits per heavy atom. The number of esters is 1. The van der Waals surface area contributed by atoms with Crippen LogP contribution in [-0.2, 0) is 30.3 Å². The molecule has 2 amide bonds. The molecule has 2 rings (SSSR count). The first-order valence-corrected chi connectivity index (χ1v) is 13.2. The van der Waals surface area contributed by atoms with Gasteiger partial charge in [-0.2, -0.15) is 0 Å². The predicted octanol–water partition coefficient (Wildman–Crippen LogP) is 3.19. The molecule has 0 spiro atoms. The highest BCUT2D eigenvalue weighted by Gasteiger charge is 2.25. The summed E-state index contributed by atoms with van der Waals surface area (Å²) in [6.07, 6.45) is 8.83. The molecule has 0 saturated heterocycles. The van der Waals surface area contributed by atoms with Gasteiger partial charge in [0.1, 0.15) is 6.61 Å². The minimum atomic E-state index is -0.620. The van der Waals surface area contributed by atoms with Crippen LogP contribution >= 0.6 is 0 Å². The minimum Gasteiger partial charge on any atom is -0.463 e. The van der Waals surface area contributed by atoms with Crippen LogP contribution in [0.4, 0.5) is 0 Å². The van der Waals surface area contributed by atoms with E-state index in [-0.39, 0.29) is 57.2 Å². The highest BCUT2D eigenvalue weighted by molar-refractivity contribution is 5.86. The van der Waals surface area contributed by atoms with E-state index in [0.717, 1.165) is 29.3 Å². The number of aliphatic hydroxyl groups is 1. The Hall–Kier alpha value is -3.43. The number of H-pyrrole nitrogens is 1. The van der Waals surface area contributed by atoms with Crippen molar-refractivity contribution in [1.29, 1.82) is 0 Å². The summed E-state index contributed by atoms with van der Waals surface area (Å²) in [4.78, 5) is 41.2. The van der Waals surface area contributed by atoms with E-state index in [0.29, 0.717) is 25.7 Å². The number of unbranched alkanes of at least 4 members (excludes halogenated alkanes) is 2. The van der Waals surface area contributed by atoms with Gasteiger partial charge in [-0.25, -0.2) is 0 Å². The van der Waals surface area contributed by atoms with Gasteiger partial charge < -0.3 is 30.2 Å². The van der Waals surface area contributed by atoms with Gasteiger partial charge in [-0.1, -0.05) is 30.4 Å². The third kappa shape index (κ3) is 11.3. The molecule has 208 valence electrons. The third-order valence-electron chi connectivity index (χ3n) is 6.03. The van der Waals surface area contributed by atoms with Crippen molar-refractivity contribution >= 4 is 28.7 Å². The van der Waals surface area contributed by atoms with Gasteiger partial charge in [0.05, 0.1) is 31.8 Å². The van der Waals surface area contributed by atoms with E-state index in [1.807, 2.05) is 36.5 Å². The molecule has 9 heteroatoms. The number of allylic oxidation sites excluding steroid dienone is 2. The third-order valence-corrected chi connectivity index (χ3v) is 6.03. The number of nitrogens with one attached hydrogen (secondary N) is 3. The van der Waals surface area contributed by atoms with Crippen molar-refractivity contribution in [1.82, 2.24) is 15.6 Å². The molecule has 0 radical (unpaired) electrons. The minimum absolute atomic E-state index is 0.0131. The average Bonchev–Trinajstić information content (AvgIpc) is 3.32. The molecule has 2 unspecified atom stereocenters. The van der Waals surface area contributed by atoms with Crippen molar-refractivity contribution in [3.05, 3.63) is 61.3 Å². The molecule has 1 aromatic heterocycles. The first-order valence-electron chi connectivity index (χ1n) is 13.2. The van der Waals surface area contributed by atoms with Crippen molar-refractivity contribution in [3.8, 4) is 0 Å². The van der Waals surface area contributed by atoms with Gasteiger partial charge in [-0.15, -0.1) is 13.2 Å². The first-order chi connectivity index (χ1) is 18.5.